The number of alkyl halides is 6. The Morgan fingerprint density at radius 2 is 1.79 bits per heavy atom. The second-order valence-corrected chi connectivity index (χ2v) is 11.8. The number of halogens is 6. The predicted octanol–water partition coefficient (Wildman–Crippen LogP) is 4.52. The number of sulfonamides is 1. The Morgan fingerprint density at radius 1 is 1.12 bits per heavy atom. The highest BCUT2D eigenvalue weighted by Crippen LogP contribution is 2.33. The molecule has 2 aliphatic rings. The molecule has 0 aliphatic carbocycles. The van der Waals surface area contributed by atoms with Gasteiger partial charge in [-0.3, -0.25) is 14.6 Å². The second-order valence-electron chi connectivity index (χ2n) is 10.0. The van der Waals surface area contributed by atoms with Crippen LogP contribution in [0.3, 0.4) is 0 Å². The molecule has 16 heteroatoms. The molecule has 2 amide bonds. The van der Waals surface area contributed by atoms with Gasteiger partial charge in [-0.2, -0.15) is 17.5 Å². The van der Waals surface area contributed by atoms with Crippen LogP contribution in [0.5, 0.6) is 5.75 Å². The molecule has 232 valence electrons. The van der Waals surface area contributed by atoms with Gasteiger partial charge in [-0.05, 0) is 61.2 Å². The summed E-state index contributed by atoms with van der Waals surface area (Å²) >= 11 is 0. The Bertz CT molecular complexity index is 1580. The molecule has 1 spiro atoms. The first-order valence-corrected chi connectivity index (χ1v) is 14.3. The molecule has 2 heterocycles. The fraction of sp³-hybridized carbons (Fsp3) is 0.370. The number of piperidine rings is 1. The van der Waals surface area contributed by atoms with Crippen LogP contribution in [0.1, 0.15) is 36.5 Å². The molecular weight excluding hydrogens is 606 g/mol. The van der Waals surface area contributed by atoms with Crippen LogP contribution in [0.15, 0.2) is 52.9 Å². The highest BCUT2D eigenvalue weighted by Gasteiger charge is 2.47. The maximum absolute atomic E-state index is 13.0. The van der Waals surface area contributed by atoms with Crippen molar-refractivity contribution in [3.63, 3.8) is 0 Å². The van der Waals surface area contributed by atoms with Gasteiger partial charge in [-0.15, -0.1) is 13.2 Å². The number of hydrogen-bond acceptors (Lipinski definition) is 6. The Kier molecular flexibility index (Phi) is 8.66. The maximum atomic E-state index is 13.0. The van der Waals surface area contributed by atoms with Crippen LogP contribution in [0.2, 0.25) is 0 Å². The minimum Gasteiger partial charge on any atom is -0.406 e. The molecule has 2 aliphatic heterocycles. The van der Waals surface area contributed by atoms with E-state index in [-0.39, 0.29) is 43.0 Å². The summed E-state index contributed by atoms with van der Waals surface area (Å²) in [4.78, 5) is 29.6. The SMILES string of the molecule is CC(=O)N(CC(F)(F)F)c1ccc(C=CS(=O)(=O)N2CCC3(CC2)N=C(c2cccc(OC(F)(F)F)c2)NC3=O)c(C)c1. The number of amidine groups is 1. The molecule has 1 N–H and O–H groups in total. The van der Waals surface area contributed by atoms with E-state index in [1.807, 2.05) is 0 Å². The first-order valence-electron chi connectivity index (χ1n) is 12.8. The maximum Gasteiger partial charge on any atom is 0.573 e. The molecule has 2 aromatic rings. The normalized spacial score (nSPS) is 17.7. The van der Waals surface area contributed by atoms with Gasteiger partial charge in [0.2, 0.25) is 15.9 Å². The molecule has 43 heavy (non-hydrogen) atoms. The average molecular weight is 633 g/mol. The molecule has 0 atom stereocenters. The van der Waals surface area contributed by atoms with Crippen LogP contribution >= 0.6 is 0 Å². The third-order valence-electron chi connectivity index (χ3n) is 6.93. The van der Waals surface area contributed by atoms with Crippen molar-refractivity contribution in [1.82, 2.24) is 9.62 Å². The Morgan fingerprint density at radius 3 is 2.37 bits per heavy atom. The minimum absolute atomic E-state index is 0.0121. The number of rotatable bonds is 7. The van der Waals surface area contributed by atoms with E-state index in [1.54, 1.807) is 6.92 Å². The standard InChI is InChI=1S/C27H26F6N4O5S/c1-17-14-21(37(18(2)38)16-26(28,29)30)7-6-19(17)8-13-43(40,41)36-11-9-25(10-12-36)24(39)34-23(35-25)20-4-3-5-22(15-20)42-27(31,32)33/h3-8,13-15H,9-12,16H2,1-2H3,(H,34,35,39). The average Bonchev–Trinajstić information content (AvgIpc) is 3.20. The van der Waals surface area contributed by atoms with Crippen LogP contribution in [0.4, 0.5) is 32.0 Å². The highest BCUT2D eigenvalue weighted by molar-refractivity contribution is 7.92. The van der Waals surface area contributed by atoms with E-state index < -0.39 is 52.2 Å². The Labute approximate surface area is 242 Å². The molecule has 1 saturated heterocycles. The van der Waals surface area contributed by atoms with Gasteiger partial charge >= 0.3 is 12.5 Å². The number of anilines is 1. The van der Waals surface area contributed by atoms with Crippen molar-refractivity contribution in [3.8, 4) is 5.75 Å². The number of nitrogens with one attached hydrogen (secondary N) is 1. The number of carbonyl (C=O) groups excluding carboxylic acids is 2. The van der Waals surface area contributed by atoms with Crippen LogP contribution in [0, 0.1) is 6.92 Å². The van der Waals surface area contributed by atoms with Gasteiger partial charge in [0.05, 0.1) is 0 Å². The van der Waals surface area contributed by atoms with E-state index in [2.05, 4.69) is 15.0 Å². The highest BCUT2D eigenvalue weighted by atomic mass is 32.2. The molecule has 0 saturated carbocycles. The van der Waals surface area contributed by atoms with Gasteiger partial charge in [-0.1, -0.05) is 18.2 Å². The second kappa shape index (κ2) is 11.6. The molecular formula is C27H26F6N4O5S. The van der Waals surface area contributed by atoms with Crippen LogP contribution in [-0.4, -0.2) is 68.1 Å². The molecule has 2 aromatic carbocycles. The zero-order chi connectivity index (χ0) is 31.8. The first-order chi connectivity index (χ1) is 19.9. The van der Waals surface area contributed by atoms with E-state index in [0.29, 0.717) is 16.0 Å². The number of hydrogen-bond donors (Lipinski definition) is 1. The number of benzene rings is 2. The predicted molar refractivity (Wildman–Crippen MR) is 145 cm³/mol. The molecule has 1 fully saturated rings. The summed E-state index contributed by atoms with van der Waals surface area (Å²) in [6.07, 6.45) is -8.19. The van der Waals surface area contributed by atoms with Crippen LogP contribution < -0.4 is 15.0 Å². The number of nitrogens with zero attached hydrogens (tertiary/aromatic N) is 3. The lowest BCUT2D eigenvalue weighted by Crippen LogP contribution is -2.50. The van der Waals surface area contributed by atoms with Crippen molar-refractivity contribution < 1.29 is 49.1 Å². The van der Waals surface area contributed by atoms with Crippen LogP contribution in [0.25, 0.3) is 6.08 Å². The molecule has 0 bridgehead atoms. The third kappa shape index (κ3) is 7.73. The van der Waals surface area contributed by atoms with Crippen molar-refractivity contribution >= 4 is 39.4 Å². The molecule has 0 radical (unpaired) electrons. The molecule has 4 rings (SSSR count). The van der Waals surface area contributed by atoms with Gasteiger partial charge in [-0.25, -0.2) is 8.42 Å². The fourth-order valence-electron chi connectivity index (χ4n) is 4.77. The summed E-state index contributed by atoms with van der Waals surface area (Å²) in [6.45, 7) is 0.959. The number of ether oxygens (including phenoxy) is 1. The van der Waals surface area contributed by atoms with Gasteiger partial charge in [0.25, 0.3) is 5.91 Å². The minimum atomic E-state index is -4.90. The first kappa shape index (κ1) is 32.0. The van der Waals surface area contributed by atoms with Crippen molar-refractivity contribution in [2.45, 2.75) is 44.8 Å². The van der Waals surface area contributed by atoms with Crippen molar-refractivity contribution in [3.05, 3.63) is 64.6 Å². The zero-order valence-corrected chi connectivity index (χ0v) is 23.6. The summed E-state index contributed by atoms with van der Waals surface area (Å²) in [5.41, 5.74) is -0.256. The van der Waals surface area contributed by atoms with Gasteiger partial charge in [0.1, 0.15) is 23.7 Å². The molecule has 9 nitrogen and oxygen atoms in total. The Balaban J connectivity index is 1.45. The zero-order valence-electron chi connectivity index (χ0n) is 22.8. The summed E-state index contributed by atoms with van der Waals surface area (Å²) < 4.78 is 108. The molecule has 0 unspecified atom stereocenters. The van der Waals surface area contributed by atoms with Gasteiger partial charge in [0, 0.05) is 36.7 Å². The Hall–Kier alpha value is -3.92. The van der Waals surface area contributed by atoms with E-state index >= 15 is 0 Å². The molecule has 0 aromatic heterocycles. The third-order valence-corrected chi connectivity index (χ3v) is 8.50. The van der Waals surface area contributed by atoms with Crippen molar-refractivity contribution in [2.24, 2.45) is 4.99 Å². The van der Waals surface area contributed by atoms with E-state index in [1.165, 1.54) is 36.4 Å². The van der Waals surface area contributed by atoms with E-state index in [9.17, 15) is 44.3 Å². The van der Waals surface area contributed by atoms with Crippen molar-refractivity contribution in [2.75, 3.05) is 24.5 Å². The summed E-state index contributed by atoms with van der Waals surface area (Å²) in [5, 5.41) is 3.51. The van der Waals surface area contributed by atoms with E-state index in [0.717, 1.165) is 28.8 Å². The topological polar surface area (TPSA) is 108 Å². The van der Waals surface area contributed by atoms with Crippen molar-refractivity contribution in [1.29, 1.82) is 0 Å². The summed E-state index contributed by atoms with van der Waals surface area (Å²) in [5.74, 6) is -1.75. The quantitative estimate of drug-likeness (QED) is 0.452. The smallest absolute Gasteiger partial charge is 0.406 e. The lowest BCUT2D eigenvalue weighted by molar-refractivity contribution is -0.274. The lowest BCUT2D eigenvalue weighted by Gasteiger charge is -2.34. The number of aryl methyl sites for hydroxylation is 1. The van der Waals surface area contributed by atoms with E-state index in [4.69, 9.17) is 0 Å². The number of amides is 2. The van der Waals surface area contributed by atoms with Gasteiger partial charge < -0.3 is 15.0 Å². The number of carbonyl (C=O) groups is 2. The fourth-order valence-corrected chi connectivity index (χ4v) is 5.95. The monoisotopic (exact) mass is 632 g/mol. The summed E-state index contributed by atoms with van der Waals surface area (Å²) in [7, 11) is -3.98. The van der Waals surface area contributed by atoms with Gasteiger partial charge in [0.15, 0.2) is 0 Å². The largest absolute Gasteiger partial charge is 0.573 e. The number of aliphatic imine (C=N–C) groups is 1. The summed E-state index contributed by atoms with van der Waals surface area (Å²) in [6, 6.07) is 8.99. The van der Waals surface area contributed by atoms with Crippen LogP contribution in [-0.2, 0) is 19.6 Å². The lowest BCUT2D eigenvalue weighted by atomic mass is 9.89.